The van der Waals surface area contributed by atoms with Gasteiger partial charge in [0, 0.05) is 17.6 Å². The molecule has 3 aromatic heterocycles. The number of fused-ring (bicyclic) bond motifs is 1. The van der Waals surface area contributed by atoms with Gasteiger partial charge in [0.1, 0.15) is 5.69 Å². The maximum Gasteiger partial charge on any atom is 0.292 e. The van der Waals surface area contributed by atoms with Crippen LogP contribution in [0.3, 0.4) is 0 Å². The lowest BCUT2D eigenvalue weighted by molar-refractivity contribution is 0.0441. The number of rotatable bonds is 7. The van der Waals surface area contributed by atoms with Crippen LogP contribution in [0.5, 0.6) is 5.88 Å². The fraction of sp³-hybridized carbons (Fsp3) is 0.150. The van der Waals surface area contributed by atoms with Crippen molar-refractivity contribution in [3.63, 3.8) is 0 Å². The molecule has 4 aromatic rings. The summed E-state index contributed by atoms with van der Waals surface area (Å²) in [4.78, 5) is 29.6. The number of nitrogens with zero attached hydrogens (tertiary/aromatic N) is 4. The van der Waals surface area contributed by atoms with E-state index in [1.54, 1.807) is 19.1 Å². The molecule has 0 fully saturated rings. The summed E-state index contributed by atoms with van der Waals surface area (Å²) >= 11 is 6.21. The van der Waals surface area contributed by atoms with E-state index in [0.29, 0.717) is 16.5 Å². The molecule has 0 aliphatic rings. The van der Waals surface area contributed by atoms with E-state index in [1.807, 2.05) is 0 Å². The molecule has 0 saturated heterocycles. The Hall–Kier alpha value is -3.63. The van der Waals surface area contributed by atoms with Crippen LogP contribution in [0.1, 0.15) is 26.4 Å². The number of anilines is 1. The number of hydrogen-bond donors (Lipinski definition) is 3. The molecule has 0 spiro atoms. The van der Waals surface area contributed by atoms with Crippen molar-refractivity contribution in [3.8, 4) is 11.7 Å². The minimum Gasteiger partial charge on any atom is -0.470 e. The molecular formula is C20H17ClF2N7O3P. The molecule has 3 heterocycles. The quantitative estimate of drug-likeness (QED) is 0.328. The van der Waals surface area contributed by atoms with E-state index < -0.39 is 24.1 Å². The van der Waals surface area contributed by atoms with Gasteiger partial charge in [-0.15, -0.1) is 5.10 Å². The second kappa shape index (κ2) is 8.96. The Morgan fingerprint density at radius 2 is 2.15 bits per heavy atom. The summed E-state index contributed by atoms with van der Waals surface area (Å²) in [5, 5.41) is 14.1. The first-order chi connectivity index (χ1) is 16.0. The molecule has 1 unspecified atom stereocenters. The van der Waals surface area contributed by atoms with E-state index in [0.717, 1.165) is 10.7 Å². The number of halogens is 3. The van der Waals surface area contributed by atoms with Crippen LogP contribution in [0.4, 0.5) is 14.5 Å². The summed E-state index contributed by atoms with van der Waals surface area (Å²) in [7, 11) is 1.35. The molecular weight excluding hydrogens is 491 g/mol. The summed E-state index contributed by atoms with van der Waals surface area (Å²) in [6.07, 6.45) is 2.94. The lowest BCUT2D eigenvalue weighted by Gasteiger charge is -2.14. The van der Waals surface area contributed by atoms with Gasteiger partial charge < -0.3 is 15.8 Å². The fourth-order valence-electron chi connectivity index (χ4n) is 3.27. The maximum atomic E-state index is 13.3. The average Bonchev–Trinajstić information content (AvgIpc) is 3.39. The highest BCUT2D eigenvalue weighted by atomic mass is 35.5. The number of alkyl halides is 2. The first kappa shape index (κ1) is 23.5. The summed E-state index contributed by atoms with van der Waals surface area (Å²) in [6, 6.07) is 5.96. The van der Waals surface area contributed by atoms with Gasteiger partial charge in [-0.2, -0.15) is 13.9 Å². The number of aryl methyl sites for hydroxylation is 1. The third-order valence-corrected chi connectivity index (χ3v) is 5.15. The minimum absolute atomic E-state index is 0.0295. The van der Waals surface area contributed by atoms with Crippen LogP contribution in [0.2, 0.25) is 5.02 Å². The van der Waals surface area contributed by atoms with Crippen LogP contribution in [-0.4, -0.2) is 49.0 Å². The number of nitrogens with two attached hydrogens (primary N) is 1. The zero-order valence-electron chi connectivity index (χ0n) is 17.5. The van der Waals surface area contributed by atoms with Crippen molar-refractivity contribution in [3.05, 3.63) is 58.5 Å². The molecule has 0 bridgehead atoms. The summed E-state index contributed by atoms with van der Waals surface area (Å²) in [5.74, 6) is -1.73. The van der Waals surface area contributed by atoms with Crippen LogP contribution in [0.15, 0.2) is 36.7 Å². The number of nitrogens with one attached hydrogen (secondary N) is 2. The Labute approximate surface area is 198 Å². The van der Waals surface area contributed by atoms with E-state index in [2.05, 4.69) is 25.6 Å². The molecule has 4 rings (SSSR count). The van der Waals surface area contributed by atoms with Crippen LogP contribution < -0.4 is 15.8 Å². The molecule has 0 saturated carbocycles. The zero-order valence-corrected chi connectivity index (χ0v) is 19.4. The first-order valence-electron chi connectivity index (χ1n) is 9.63. The topological polar surface area (TPSA) is 141 Å². The van der Waals surface area contributed by atoms with E-state index in [9.17, 15) is 18.4 Å². The standard InChI is InChI=1S/C20H17ClF2N7O3P/c1-9-5-10-7-26-28-16(10)14(17(24)31)15(9)27-19(32)12-6-13(33-8-20(22,23)34)29-30(12)18-11(21)3-2-4-25-18/h2-7H,8,34H2,1H3,(H2,24,31)(H,26,28)(H,27,32). The van der Waals surface area contributed by atoms with Crippen LogP contribution in [0.25, 0.3) is 16.7 Å². The third-order valence-electron chi connectivity index (χ3n) is 4.69. The van der Waals surface area contributed by atoms with Crippen molar-refractivity contribution in [2.45, 2.75) is 12.6 Å². The predicted octanol–water partition coefficient (Wildman–Crippen LogP) is 3.30. The highest BCUT2D eigenvalue weighted by molar-refractivity contribution is 7.18. The van der Waals surface area contributed by atoms with Crippen molar-refractivity contribution in [2.24, 2.45) is 5.73 Å². The molecule has 0 aliphatic heterocycles. The number of hydrogen-bond acceptors (Lipinski definition) is 6. The molecule has 0 aliphatic carbocycles. The van der Waals surface area contributed by atoms with E-state index >= 15 is 0 Å². The van der Waals surface area contributed by atoms with Gasteiger partial charge in [-0.1, -0.05) is 20.8 Å². The van der Waals surface area contributed by atoms with Crippen LogP contribution in [-0.2, 0) is 0 Å². The second-order valence-corrected chi connectivity index (χ2v) is 8.49. The van der Waals surface area contributed by atoms with Crippen molar-refractivity contribution >= 4 is 49.2 Å². The molecule has 1 atom stereocenters. The number of aromatic amines is 1. The second-order valence-electron chi connectivity index (χ2n) is 7.23. The van der Waals surface area contributed by atoms with Crippen LogP contribution >= 0.6 is 20.8 Å². The van der Waals surface area contributed by atoms with Crippen LogP contribution in [0, 0.1) is 6.92 Å². The molecule has 2 amide bonds. The normalized spacial score (nSPS) is 11.6. The zero-order chi connectivity index (χ0) is 24.6. The van der Waals surface area contributed by atoms with E-state index in [1.165, 1.54) is 27.7 Å². The molecule has 14 heteroatoms. The Morgan fingerprint density at radius 1 is 1.38 bits per heavy atom. The van der Waals surface area contributed by atoms with Gasteiger partial charge in [0.2, 0.25) is 5.88 Å². The smallest absolute Gasteiger partial charge is 0.292 e. The van der Waals surface area contributed by atoms with Crippen molar-refractivity contribution in [1.82, 2.24) is 25.0 Å². The number of amides is 2. The van der Waals surface area contributed by atoms with Crippen molar-refractivity contribution in [2.75, 3.05) is 11.9 Å². The van der Waals surface area contributed by atoms with Gasteiger partial charge in [0.15, 0.2) is 12.4 Å². The largest absolute Gasteiger partial charge is 0.470 e. The minimum atomic E-state index is -3.21. The number of primary amides is 1. The van der Waals surface area contributed by atoms with Gasteiger partial charge in [-0.25, -0.2) is 9.67 Å². The average molecular weight is 508 g/mol. The fourth-order valence-corrected chi connectivity index (χ4v) is 3.56. The highest BCUT2D eigenvalue weighted by Gasteiger charge is 2.26. The Balaban J connectivity index is 1.78. The number of ether oxygens (including phenoxy) is 1. The predicted molar refractivity (Wildman–Crippen MR) is 124 cm³/mol. The molecule has 1 aromatic carbocycles. The number of carbonyl (C=O) groups excluding carboxylic acids is 2. The van der Waals surface area contributed by atoms with Gasteiger partial charge in [-0.05, 0) is 30.7 Å². The van der Waals surface area contributed by atoms with E-state index in [4.69, 9.17) is 22.1 Å². The Bertz CT molecular complexity index is 1420. The number of aromatic nitrogens is 5. The number of pyridine rings is 1. The lowest BCUT2D eigenvalue weighted by atomic mass is 10.0. The Morgan fingerprint density at radius 3 is 2.82 bits per heavy atom. The summed E-state index contributed by atoms with van der Waals surface area (Å²) < 4.78 is 32.6. The van der Waals surface area contributed by atoms with E-state index in [-0.39, 0.29) is 33.7 Å². The number of H-pyrrole nitrogens is 1. The SMILES string of the molecule is Cc1cc2cn[nH]c2c(C(N)=O)c1NC(=O)c1cc(OCC(F)(F)P)nn1-c1ncccc1Cl. The molecule has 176 valence electrons. The Kier molecular flexibility index (Phi) is 6.20. The molecule has 34 heavy (non-hydrogen) atoms. The molecule has 4 N–H and O–H groups in total. The highest BCUT2D eigenvalue weighted by Crippen LogP contribution is 2.30. The molecule has 0 radical (unpaired) electrons. The van der Waals surface area contributed by atoms with Gasteiger partial charge in [0.25, 0.3) is 17.5 Å². The third kappa shape index (κ3) is 4.68. The summed E-state index contributed by atoms with van der Waals surface area (Å²) in [6.45, 7) is 0.685. The molecule has 10 nitrogen and oxygen atoms in total. The lowest BCUT2D eigenvalue weighted by Crippen LogP contribution is -2.22. The maximum absolute atomic E-state index is 13.3. The number of benzene rings is 1. The van der Waals surface area contributed by atoms with Crippen molar-refractivity contribution < 1.29 is 23.1 Å². The van der Waals surface area contributed by atoms with Crippen molar-refractivity contribution in [1.29, 1.82) is 0 Å². The van der Waals surface area contributed by atoms with Gasteiger partial charge in [0.05, 0.1) is 28.0 Å². The number of carbonyl (C=O) groups is 2. The van der Waals surface area contributed by atoms with Gasteiger partial charge in [-0.3, -0.25) is 14.7 Å². The summed E-state index contributed by atoms with van der Waals surface area (Å²) in [5.41, 5.74) is 3.29. The monoisotopic (exact) mass is 507 g/mol. The first-order valence-corrected chi connectivity index (χ1v) is 10.6. The van der Waals surface area contributed by atoms with Gasteiger partial charge >= 0.3 is 0 Å².